The van der Waals surface area contributed by atoms with Gasteiger partial charge in [0.2, 0.25) is 0 Å². The maximum Gasteiger partial charge on any atom is 0.300 e. The Kier molecular flexibility index (Phi) is 3.36. The second kappa shape index (κ2) is 5.07. The Balaban J connectivity index is 2.09. The maximum absolute atomic E-state index is 12.6. The Hall–Kier alpha value is -2.02. The van der Waals surface area contributed by atoms with E-state index in [0.717, 1.165) is 23.7 Å². The van der Waals surface area contributed by atoms with Crippen molar-refractivity contribution in [3.8, 4) is 0 Å². The average Bonchev–Trinajstić information content (AvgIpc) is 2.91. The first-order valence-electron chi connectivity index (χ1n) is 6.63. The van der Waals surface area contributed by atoms with Crippen molar-refractivity contribution in [2.24, 2.45) is 5.92 Å². The van der Waals surface area contributed by atoms with Gasteiger partial charge in [-0.15, -0.1) is 0 Å². The molecule has 6 nitrogen and oxygen atoms in total. The van der Waals surface area contributed by atoms with Crippen LogP contribution in [0.25, 0.3) is 0 Å². The van der Waals surface area contributed by atoms with E-state index in [1.54, 1.807) is 6.07 Å². The molecule has 0 radical (unpaired) electrons. The van der Waals surface area contributed by atoms with Gasteiger partial charge in [-0.25, -0.2) is 0 Å². The normalized spacial score (nSPS) is 23.6. The molecular formula is C14H12N2O4S. The molecule has 1 aromatic rings. The number of nitro groups is 1. The Morgan fingerprint density at radius 2 is 2.14 bits per heavy atom. The number of Topliss-reactive ketones (excluding diaryl/α,β-unsaturated/α-hetero) is 2. The summed E-state index contributed by atoms with van der Waals surface area (Å²) in [6, 6.07) is 1.75. The molecule has 0 amide bonds. The van der Waals surface area contributed by atoms with Crippen molar-refractivity contribution < 1.29 is 14.5 Å². The molecule has 108 valence electrons. The number of thioether (sulfide) groups is 1. The lowest BCUT2D eigenvalue weighted by molar-refractivity contribution is -0.410. The van der Waals surface area contributed by atoms with E-state index in [4.69, 9.17) is 0 Å². The number of hydrogen-bond acceptors (Lipinski definition) is 6. The van der Waals surface area contributed by atoms with Crippen molar-refractivity contribution in [3.63, 3.8) is 0 Å². The Morgan fingerprint density at radius 1 is 1.38 bits per heavy atom. The molecule has 2 atom stereocenters. The van der Waals surface area contributed by atoms with Crippen LogP contribution in [0.2, 0.25) is 0 Å². The van der Waals surface area contributed by atoms with Crippen LogP contribution in [0, 0.1) is 16.0 Å². The summed E-state index contributed by atoms with van der Waals surface area (Å²) in [4.78, 5) is 39.5. The number of ketones is 2. The Bertz CT molecular complexity index is 698. The van der Waals surface area contributed by atoms with E-state index in [2.05, 4.69) is 4.98 Å². The van der Waals surface area contributed by atoms with Crippen molar-refractivity contribution in [2.45, 2.75) is 25.0 Å². The first-order valence-corrected chi connectivity index (χ1v) is 7.51. The third-order valence-electron chi connectivity index (χ3n) is 3.67. The molecule has 1 aliphatic carbocycles. The highest BCUT2D eigenvalue weighted by Crippen LogP contribution is 2.43. The van der Waals surface area contributed by atoms with Crippen LogP contribution in [0.1, 0.15) is 39.8 Å². The van der Waals surface area contributed by atoms with Crippen LogP contribution in [0.5, 0.6) is 0 Å². The van der Waals surface area contributed by atoms with E-state index in [-0.39, 0.29) is 22.3 Å². The average molecular weight is 304 g/mol. The van der Waals surface area contributed by atoms with Gasteiger partial charge in [-0.2, -0.15) is 0 Å². The van der Waals surface area contributed by atoms with Crippen LogP contribution >= 0.6 is 11.8 Å². The van der Waals surface area contributed by atoms with E-state index in [1.807, 2.05) is 6.92 Å². The minimum atomic E-state index is -0.764. The van der Waals surface area contributed by atoms with Crippen LogP contribution in [0.4, 0.5) is 0 Å². The second-order valence-electron chi connectivity index (χ2n) is 5.00. The number of aryl methyl sites for hydroxylation is 1. The van der Waals surface area contributed by atoms with Gasteiger partial charge in [0.05, 0.1) is 21.7 Å². The third-order valence-corrected chi connectivity index (χ3v) is 4.96. The molecule has 0 fully saturated rings. The number of fused-ring (bicyclic) bond motifs is 2. The highest BCUT2D eigenvalue weighted by Gasteiger charge is 2.49. The van der Waals surface area contributed by atoms with E-state index in [0.29, 0.717) is 12.0 Å². The first-order chi connectivity index (χ1) is 10.0. The van der Waals surface area contributed by atoms with Gasteiger partial charge in [0.15, 0.2) is 11.6 Å². The molecule has 7 heteroatoms. The summed E-state index contributed by atoms with van der Waals surface area (Å²) in [5.41, 5.74) is 1.32. The lowest BCUT2D eigenvalue weighted by Crippen LogP contribution is -2.37. The number of nitrogens with zero attached hydrogens (tertiary/aromatic N) is 2. The number of carbonyl (C=O) groups excluding carboxylic acids is 2. The molecule has 2 heterocycles. The molecule has 2 unspecified atom stereocenters. The first kappa shape index (κ1) is 13.9. The number of aromatic nitrogens is 1. The van der Waals surface area contributed by atoms with Crippen LogP contribution < -0.4 is 0 Å². The number of rotatable bonds is 3. The minimum Gasteiger partial charge on any atom is -0.293 e. The molecule has 0 saturated heterocycles. The van der Waals surface area contributed by atoms with E-state index in [1.165, 1.54) is 12.3 Å². The van der Waals surface area contributed by atoms with Gasteiger partial charge in [0.25, 0.3) is 0 Å². The zero-order valence-electron chi connectivity index (χ0n) is 11.2. The molecule has 21 heavy (non-hydrogen) atoms. The molecule has 3 rings (SSSR count). The Labute approximate surface area is 124 Å². The number of hydrogen-bond donors (Lipinski definition) is 0. The molecule has 0 N–H and O–H groups in total. The van der Waals surface area contributed by atoms with Crippen molar-refractivity contribution in [1.82, 2.24) is 4.98 Å². The molecule has 0 spiro atoms. The third kappa shape index (κ3) is 2.08. The van der Waals surface area contributed by atoms with Gasteiger partial charge in [-0.3, -0.25) is 24.7 Å². The molecule has 2 aliphatic rings. The summed E-state index contributed by atoms with van der Waals surface area (Å²) < 4.78 is 0. The lowest BCUT2D eigenvalue weighted by atomic mass is 9.82. The van der Waals surface area contributed by atoms with Gasteiger partial charge in [0.1, 0.15) is 5.69 Å². The zero-order valence-corrected chi connectivity index (χ0v) is 12.1. The molecule has 0 aromatic carbocycles. The SMILES string of the molecule is CCCc1ccnc2c1C(=O)C1SC([N+](=O)[O-])=CC1C2=O. The highest BCUT2D eigenvalue weighted by atomic mass is 32.2. The summed E-state index contributed by atoms with van der Waals surface area (Å²) in [5.74, 6) is -1.28. The predicted molar refractivity (Wildman–Crippen MR) is 76.8 cm³/mol. The van der Waals surface area contributed by atoms with Crippen molar-refractivity contribution >= 4 is 23.3 Å². The number of pyridine rings is 1. The largest absolute Gasteiger partial charge is 0.300 e. The van der Waals surface area contributed by atoms with Gasteiger partial charge in [-0.05, 0) is 29.8 Å². The highest BCUT2D eigenvalue weighted by molar-refractivity contribution is 8.04. The summed E-state index contributed by atoms with van der Waals surface area (Å²) in [7, 11) is 0. The minimum absolute atomic E-state index is 0.128. The fraction of sp³-hybridized carbons (Fsp3) is 0.357. The second-order valence-corrected chi connectivity index (χ2v) is 6.16. The van der Waals surface area contributed by atoms with Crippen molar-refractivity contribution in [3.05, 3.63) is 50.3 Å². The van der Waals surface area contributed by atoms with E-state index < -0.39 is 16.1 Å². The van der Waals surface area contributed by atoms with E-state index in [9.17, 15) is 19.7 Å². The summed E-state index contributed by atoms with van der Waals surface area (Å²) >= 11 is 0.869. The zero-order chi connectivity index (χ0) is 15.1. The lowest BCUT2D eigenvalue weighted by Gasteiger charge is -2.24. The van der Waals surface area contributed by atoms with Gasteiger partial charge >= 0.3 is 5.03 Å². The Morgan fingerprint density at radius 3 is 2.81 bits per heavy atom. The van der Waals surface area contributed by atoms with Crippen LogP contribution in [-0.2, 0) is 6.42 Å². The molecule has 1 aliphatic heterocycles. The van der Waals surface area contributed by atoms with Crippen molar-refractivity contribution in [2.75, 3.05) is 0 Å². The van der Waals surface area contributed by atoms with Crippen LogP contribution in [0.3, 0.4) is 0 Å². The predicted octanol–water partition coefficient (Wildman–Crippen LogP) is 2.26. The molecule has 0 bridgehead atoms. The van der Waals surface area contributed by atoms with Gasteiger partial charge in [0, 0.05) is 12.3 Å². The maximum atomic E-state index is 12.6. The summed E-state index contributed by atoms with van der Waals surface area (Å²) in [6.45, 7) is 1.99. The molecular weight excluding hydrogens is 292 g/mol. The van der Waals surface area contributed by atoms with Crippen LogP contribution in [0.15, 0.2) is 23.4 Å². The van der Waals surface area contributed by atoms with Crippen molar-refractivity contribution in [1.29, 1.82) is 0 Å². The van der Waals surface area contributed by atoms with Gasteiger partial charge < -0.3 is 0 Å². The summed E-state index contributed by atoms with van der Waals surface area (Å²) in [6.07, 6.45) is 4.33. The fourth-order valence-electron chi connectivity index (χ4n) is 2.76. The molecule has 0 saturated carbocycles. The van der Waals surface area contributed by atoms with Crippen LogP contribution in [-0.4, -0.2) is 26.7 Å². The monoisotopic (exact) mass is 304 g/mol. The fourth-order valence-corrected chi connectivity index (χ4v) is 3.90. The summed E-state index contributed by atoms with van der Waals surface area (Å²) in [5, 5.41) is 10.0. The standard InChI is InChI=1S/C14H12N2O4S/c1-2-3-7-4-5-15-11-10(7)13(18)14-8(12(11)17)6-9(21-14)16(19)20/h4-6,8,14H,2-3H2,1H3. The number of allylic oxidation sites excluding steroid dienone is 1. The van der Waals surface area contributed by atoms with Gasteiger partial charge in [-0.1, -0.05) is 13.3 Å². The smallest absolute Gasteiger partial charge is 0.293 e. The quantitative estimate of drug-likeness (QED) is 0.628. The molecule has 1 aromatic heterocycles. The number of carbonyl (C=O) groups is 2. The topological polar surface area (TPSA) is 90.2 Å². The van der Waals surface area contributed by atoms with E-state index >= 15 is 0 Å².